The van der Waals surface area contributed by atoms with Crippen molar-refractivity contribution >= 4 is 40.0 Å². The summed E-state index contributed by atoms with van der Waals surface area (Å²) in [6.07, 6.45) is 7.11. The topological polar surface area (TPSA) is 97.0 Å². The summed E-state index contributed by atoms with van der Waals surface area (Å²) in [6, 6.07) is 0. The van der Waals surface area contributed by atoms with Gasteiger partial charge in [0.05, 0.1) is 18.0 Å². The van der Waals surface area contributed by atoms with Crippen LogP contribution in [-0.4, -0.2) is 62.8 Å². The van der Waals surface area contributed by atoms with Gasteiger partial charge in [0.2, 0.25) is 10.0 Å². The normalized spacial score (nSPS) is 22.0. The third kappa shape index (κ3) is 10.9. The van der Waals surface area contributed by atoms with E-state index in [0.717, 1.165) is 6.42 Å². The van der Waals surface area contributed by atoms with Crippen LogP contribution in [0.3, 0.4) is 0 Å². The number of halogens is 1. The number of unbranched alkanes of at least 4 members (excludes halogenated alkanes) is 5. The first-order valence-corrected chi connectivity index (χ1v) is 11.1. The first-order valence-electron chi connectivity index (χ1n) is 9.52. The van der Waals surface area contributed by atoms with Gasteiger partial charge >= 0.3 is 0 Å². The van der Waals surface area contributed by atoms with E-state index in [9.17, 15) is 8.42 Å². The van der Waals surface area contributed by atoms with Crippen molar-refractivity contribution in [1.82, 2.24) is 9.62 Å². The van der Waals surface area contributed by atoms with E-state index in [4.69, 9.17) is 10.5 Å². The predicted octanol–water partition coefficient (Wildman–Crippen LogP) is 2.31. The zero-order chi connectivity index (χ0) is 18.7. The molecule has 0 spiro atoms. The Morgan fingerprint density at radius 3 is 2.35 bits per heavy atom. The predicted molar refractivity (Wildman–Crippen MR) is 119 cm³/mol. The Morgan fingerprint density at radius 2 is 1.73 bits per heavy atom. The van der Waals surface area contributed by atoms with Crippen molar-refractivity contribution in [2.75, 3.05) is 31.9 Å². The van der Waals surface area contributed by atoms with Crippen LogP contribution in [0.4, 0.5) is 0 Å². The van der Waals surface area contributed by atoms with Crippen LogP contribution in [-0.2, 0) is 14.8 Å². The number of ether oxygens (including phenoxy) is 1. The number of hydrogen-bond acceptors (Lipinski definition) is 4. The third-order valence-electron chi connectivity index (χ3n) is 4.24. The fraction of sp³-hybridized carbons (Fsp3) is 0.941. The lowest BCUT2D eigenvalue weighted by molar-refractivity contribution is -0.0440. The highest BCUT2D eigenvalue weighted by Crippen LogP contribution is 2.14. The molecule has 3 N–H and O–H groups in total. The average Bonchev–Trinajstić information content (AvgIpc) is 2.53. The first kappa shape index (κ1) is 25.9. The zero-order valence-corrected chi connectivity index (χ0v) is 19.6. The van der Waals surface area contributed by atoms with Gasteiger partial charge in [-0.05, 0) is 20.3 Å². The molecule has 0 bridgehead atoms. The van der Waals surface area contributed by atoms with Crippen molar-refractivity contribution in [1.29, 1.82) is 0 Å². The van der Waals surface area contributed by atoms with Crippen LogP contribution >= 0.6 is 24.0 Å². The molecule has 1 fully saturated rings. The summed E-state index contributed by atoms with van der Waals surface area (Å²) in [6.45, 7) is 7.77. The number of aliphatic imine (C=N–C) groups is 1. The van der Waals surface area contributed by atoms with E-state index in [2.05, 4.69) is 17.2 Å². The first-order chi connectivity index (χ1) is 11.8. The highest BCUT2D eigenvalue weighted by atomic mass is 127. The molecule has 1 aliphatic heterocycles. The van der Waals surface area contributed by atoms with E-state index in [1.54, 1.807) is 0 Å². The fourth-order valence-corrected chi connectivity index (χ4v) is 4.43. The molecule has 0 aliphatic carbocycles. The maximum absolute atomic E-state index is 12.4. The minimum Gasteiger partial charge on any atom is -0.373 e. The summed E-state index contributed by atoms with van der Waals surface area (Å²) in [5.74, 6) is 0.340. The summed E-state index contributed by atoms with van der Waals surface area (Å²) in [4.78, 5) is 4.25. The second kappa shape index (κ2) is 14.0. The Morgan fingerprint density at radius 1 is 1.15 bits per heavy atom. The lowest BCUT2D eigenvalue weighted by Gasteiger charge is -2.34. The van der Waals surface area contributed by atoms with Gasteiger partial charge in [-0.15, -0.1) is 24.0 Å². The second-order valence-electron chi connectivity index (χ2n) is 6.85. The molecule has 9 heteroatoms. The Kier molecular flexibility index (Phi) is 13.9. The molecule has 1 rings (SSSR count). The summed E-state index contributed by atoms with van der Waals surface area (Å²) >= 11 is 0. The van der Waals surface area contributed by atoms with Crippen LogP contribution in [0.5, 0.6) is 0 Å². The Hall–Kier alpha value is -0.130. The van der Waals surface area contributed by atoms with Crippen molar-refractivity contribution in [2.24, 2.45) is 10.7 Å². The number of nitrogens with one attached hydrogen (secondary N) is 1. The monoisotopic (exact) mass is 504 g/mol. The maximum atomic E-state index is 12.4. The number of nitrogens with zero attached hydrogens (tertiary/aromatic N) is 2. The van der Waals surface area contributed by atoms with E-state index < -0.39 is 10.0 Å². The number of hydrogen-bond donors (Lipinski definition) is 2. The molecule has 0 saturated carbocycles. The van der Waals surface area contributed by atoms with Crippen LogP contribution in [0.1, 0.15) is 59.3 Å². The highest BCUT2D eigenvalue weighted by molar-refractivity contribution is 14.0. The van der Waals surface area contributed by atoms with Crippen LogP contribution in [0.15, 0.2) is 4.99 Å². The number of rotatable bonds is 11. The summed E-state index contributed by atoms with van der Waals surface area (Å²) < 4.78 is 31.9. The number of sulfonamides is 1. The van der Waals surface area contributed by atoms with Crippen LogP contribution < -0.4 is 11.1 Å². The molecular weight excluding hydrogens is 467 g/mol. The quantitative estimate of drug-likeness (QED) is 0.195. The molecule has 0 aromatic carbocycles. The van der Waals surface area contributed by atoms with E-state index in [-0.39, 0.29) is 48.5 Å². The van der Waals surface area contributed by atoms with Gasteiger partial charge in [-0.25, -0.2) is 8.42 Å². The van der Waals surface area contributed by atoms with Gasteiger partial charge in [-0.3, -0.25) is 4.99 Å². The number of morpholine rings is 1. The van der Waals surface area contributed by atoms with Gasteiger partial charge in [0.15, 0.2) is 5.96 Å². The molecule has 156 valence electrons. The molecule has 7 nitrogen and oxygen atoms in total. The van der Waals surface area contributed by atoms with Crippen LogP contribution in [0.2, 0.25) is 0 Å². The maximum Gasteiger partial charge on any atom is 0.216 e. The lowest BCUT2D eigenvalue weighted by atomic mass is 10.1. The molecule has 1 heterocycles. The van der Waals surface area contributed by atoms with Crippen molar-refractivity contribution in [2.45, 2.75) is 71.5 Å². The largest absolute Gasteiger partial charge is 0.373 e. The molecule has 0 aromatic rings. The SMILES string of the molecule is CCCCCCCCN=C(N)NCCS(=O)(=O)N1CC(C)OC(C)C1.I. The van der Waals surface area contributed by atoms with Gasteiger partial charge < -0.3 is 15.8 Å². The van der Waals surface area contributed by atoms with Crippen LogP contribution in [0, 0.1) is 0 Å². The van der Waals surface area contributed by atoms with E-state index in [1.165, 1.54) is 36.4 Å². The van der Waals surface area contributed by atoms with E-state index in [0.29, 0.717) is 25.6 Å². The summed E-state index contributed by atoms with van der Waals surface area (Å²) in [5, 5.41) is 2.90. The van der Waals surface area contributed by atoms with Crippen LogP contribution in [0.25, 0.3) is 0 Å². The molecule has 2 atom stereocenters. The molecular formula is C17H37IN4O3S. The van der Waals surface area contributed by atoms with E-state index >= 15 is 0 Å². The number of guanidine groups is 1. The number of nitrogens with two attached hydrogens (primary N) is 1. The van der Waals surface area contributed by atoms with Gasteiger partial charge in [0.1, 0.15) is 0 Å². The summed E-state index contributed by atoms with van der Waals surface area (Å²) in [5.41, 5.74) is 5.80. The molecule has 0 aromatic heterocycles. The van der Waals surface area contributed by atoms with Crippen molar-refractivity contribution in [3.63, 3.8) is 0 Å². The molecule has 2 unspecified atom stereocenters. The van der Waals surface area contributed by atoms with Gasteiger partial charge in [-0.1, -0.05) is 39.0 Å². The van der Waals surface area contributed by atoms with Gasteiger partial charge in [0.25, 0.3) is 0 Å². The fourth-order valence-electron chi connectivity index (χ4n) is 2.94. The molecule has 1 saturated heterocycles. The molecule has 0 radical (unpaired) electrons. The Balaban J connectivity index is 0.00000625. The Bertz CT molecular complexity index is 492. The molecule has 0 amide bonds. The standard InChI is InChI=1S/C17H36N4O3S.HI/c1-4-5-6-7-8-9-10-19-17(18)20-11-12-25(22,23)21-13-15(2)24-16(3)14-21;/h15-16H,4-14H2,1-3H3,(H3,18,19,20);1H. The smallest absolute Gasteiger partial charge is 0.216 e. The average molecular weight is 504 g/mol. The minimum atomic E-state index is -3.30. The van der Waals surface area contributed by atoms with Gasteiger partial charge in [-0.2, -0.15) is 4.31 Å². The molecule has 26 heavy (non-hydrogen) atoms. The van der Waals surface area contributed by atoms with E-state index in [1.807, 2.05) is 13.8 Å². The second-order valence-corrected chi connectivity index (χ2v) is 8.94. The lowest BCUT2D eigenvalue weighted by Crippen LogP contribution is -2.50. The van der Waals surface area contributed by atoms with Gasteiger partial charge in [0, 0.05) is 26.2 Å². The van der Waals surface area contributed by atoms with Crippen molar-refractivity contribution in [3.05, 3.63) is 0 Å². The minimum absolute atomic E-state index is 0. The Labute approximate surface area is 176 Å². The van der Waals surface area contributed by atoms with Crippen molar-refractivity contribution < 1.29 is 13.2 Å². The highest BCUT2D eigenvalue weighted by Gasteiger charge is 2.30. The zero-order valence-electron chi connectivity index (χ0n) is 16.4. The third-order valence-corrected chi connectivity index (χ3v) is 6.04. The molecule has 1 aliphatic rings. The van der Waals surface area contributed by atoms with Crippen molar-refractivity contribution in [3.8, 4) is 0 Å². The summed E-state index contributed by atoms with van der Waals surface area (Å²) in [7, 11) is -3.30.